The van der Waals surface area contributed by atoms with E-state index < -0.39 is 17.2 Å². The van der Waals surface area contributed by atoms with Crippen LogP contribution >= 0.6 is 0 Å². The summed E-state index contributed by atoms with van der Waals surface area (Å²) in [7, 11) is 0. The molecular weight excluding hydrogens is 336 g/mol. The van der Waals surface area contributed by atoms with E-state index in [2.05, 4.69) is 9.97 Å². The molecule has 2 amide bonds. The topological polar surface area (TPSA) is 106 Å². The van der Waals surface area contributed by atoms with Crippen LogP contribution in [-0.4, -0.2) is 50.7 Å². The number of nitrogens with zero attached hydrogens (tertiary/aromatic N) is 2. The van der Waals surface area contributed by atoms with Gasteiger partial charge in [-0.1, -0.05) is 24.3 Å². The van der Waals surface area contributed by atoms with Gasteiger partial charge in [-0.15, -0.1) is 0 Å². The molecule has 0 aliphatic carbocycles. The van der Waals surface area contributed by atoms with E-state index in [1.165, 1.54) is 6.92 Å². The lowest BCUT2D eigenvalue weighted by molar-refractivity contribution is -0.128. The molecule has 1 aromatic carbocycles. The zero-order valence-corrected chi connectivity index (χ0v) is 14.2. The Bertz CT molecular complexity index is 980. The third kappa shape index (κ3) is 2.63. The number of aromatic nitrogens is 2. The number of amides is 2. The number of likely N-dealkylation sites (tertiary alicyclic amines) is 1. The van der Waals surface area contributed by atoms with E-state index in [1.807, 2.05) is 24.3 Å². The van der Waals surface area contributed by atoms with Crippen LogP contribution in [0.1, 0.15) is 34.5 Å². The molecule has 26 heavy (non-hydrogen) atoms. The Morgan fingerprint density at radius 1 is 1.12 bits per heavy atom. The van der Waals surface area contributed by atoms with Crippen LogP contribution in [0.5, 0.6) is 0 Å². The fraction of sp³-hybridized carbons (Fsp3) is 0.333. The number of H-pyrrole nitrogens is 2. The maximum Gasteiger partial charge on any atom is 0.326 e. The molecule has 2 atom stereocenters. The molecule has 0 saturated carbocycles. The third-order valence-corrected chi connectivity index (χ3v) is 5.18. The van der Waals surface area contributed by atoms with Crippen molar-refractivity contribution in [1.29, 1.82) is 0 Å². The van der Waals surface area contributed by atoms with Crippen molar-refractivity contribution in [2.75, 3.05) is 13.1 Å². The van der Waals surface area contributed by atoms with Gasteiger partial charge in [0.25, 0.3) is 11.5 Å². The lowest BCUT2D eigenvalue weighted by atomic mass is 9.85. The first kappa shape index (κ1) is 16.3. The van der Waals surface area contributed by atoms with Crippen LogP contribution in [0.4, 0.5) is 0 Å². The Labute approximate surface area is 148 Å². The van der Waals surface area contributed by atoms with Gasteiger partial charge in [-0.25, -0.2) is 4.79 Å². The molecule has 2 aliphatic heterocycles. The molecule has 2 aromatic rings. The predicted molar refractivity (Wildman–Crippen MR) is 92.8 cm³/mol. The summed E-state index contributed by atoms with van der Waals surface area (Å²) in [5, 5.41) is 0. The van der Waals surface area contributed by atoms with E-state index in [1.54, 1.807) is 9.80 Å². The molecular formula is C18H18N4O4. The molecule has 0 unspecified atom stereocenters. The van der Waals surface area contributed by atoms with Gasteiger partial charge in [-0.3, -0.25) is 19.4 Å². The Kier molecular flexibility index (Phi) is 3.75. The second kappa shape index (κ2) is 5.98. The number of carbonyl (C=O) groups is 2. The maximum absolute atomic E-state index is 13.0. The van der Waals surface area contributed by atoms with Gasteiger partial charge in [-0.2, -0.15) is 0 Å². The zero-order valence-electron chi connectivity index (χ0n) is 14.2. The first-order valence-electron chi connectivity index (χ1n) is 8.42. The van der Waals surface area contributed by atoms with Crippen LogP contribution in [0.15, 0.2) is 39.9 Å². The molecule has 8 nitrogen and oxygen atoms in total. The normalized spacial score (nSPS) is 21.3. The minimum atomic E-state index is -0.716. The molecule has 0 radical (unpaired) electrons. The van der Waals surface area contributed by atoms with E-state index in [0.29, 0.717) is 19.6 Å². The Morgan fingerprint density at radius 2 is 1.88 bits per heavy atom. The van der Waals surface area contributed by atoms with Crippen LogP contribution in [0.25, 0.3) is 0 Å². The first-order valence-corrected chi connectivity index (χ1v) is 8.42. The van der Waals surface area contributed by atoms with Crippen molar-refractivity contribution in [3.63, 3.8) is 0 Å². The smallest absolute Gasteiger partial charge is 0.326 e. The maximum atomic E-state index is 13.0. The van der Waals surface area contributed by atoms with Crippen molar-refractivity contribution in [2.24, 2.45) is 0 Å². The molecule has 8 heteroatoms. The summed E-state index contributed by atoms with van der Waals surface area (Å²) < 4.78 is 0. The number of rotatable bonds is 1. The number of benzene rings is 1. The van der Waals surface area contributed by atoms with Crippen LogP contribution in [-0.2, 0) is 11.3 Å². The zero-order chi connectivity index (χ0) is 18.4. The Morgan fingerprint density at radius 3 is 2.62 bits per heavy atom. The van der Waals surface area contributed by atoms with Gasteiger partial charge in [0.15, 0.2) is 0 Å². The van der Waals surface area contributed by atoms with Gasteiger partial charge in [0.2, 0.25) is 5.91 Å². The van der Waals surface area contributed by atoms with E-state index in [9.17, 15) is 19.2 Å². The van der Waals surface area contributed by atoms with Crippen molar-refractivity contribution in [3.8, 4) is 0 Å². The third-order valence-electron chi connectivity index (χ3n) is 5.18. The van der Waals surface area contributed by atoms with Gasteiger partial charge in [-0.05, 0) is 11.1 Å². The molecule has 4 rings (SSSR count). The minimum absolute atomic E-state index is 0.0153. The molecule has 134 valence electrons. The number of nitrogens with one attached hydrogen (secondary N) is 2. The van der Waals surface area contributed by atoms with Gasteiger partial charge >= 0.3 is 5.69 Å². The molecule has 1 aromatic heterocycles. The molecule has 3 heterocycles. The highest BCUT2D eigenvalue weighted by atomic mass is 16.2. The average Bonchev–Trinajstić information content (AvgIpc) is 3.05. The van der Waals surface area contributed by atoms with Crippen molar-refractivity contribution in [2.45, 2.75) is 25.4 Å². The standard InChI is InChI=1S/C18H18N4O4/c1-10(23)21-8-13-12-5-3-2-4-11(12)7-22(15(13)9-21)17(25)14-6-16(24)20-18(26)19-14/h2-6,13,15H,7-9H2,1H3,(H2,19,20,24,26)/t13-,15-/m0/s1. The molecule has 0 bridgehead atoms. The first-order chi connectivity index (χ1) is 12.4. The lowest BCUT2D eigenvalue weighted by Gasteiger charge is -2.38. The molecule has 0 spiro atoms. The van der Waals surface area contributed by atoms with E-state index in [4.69, 9.17) is 0 Å². The van der Waals surface area contributed by atoms with Crippen LogP contribution in [0, 0.1) is 0 Å². The fourth-order valence-corrected chi connectivity index (χ4v) is 3.97. The Balaban J connectivity index is 1.76. The summed E-state index contributed by atoms with van der Waals surface area (Å²) in [5.74, 6) is -0.432. The van der Waals surface area contributed by atoms with Crippen LogP contribution in [0.2, 0.25) is 0 Å². The number of fused-ring (bicyclic) bond motifs is 3. The summed E-state index contributed by atoms with van der Waals surface area (Å²) in [4.78, 5) is 55.8. The van der Waals surface area contributed by atoms with E-state index >= 15 is 0 Å². The minimum Gasteiger partial charge on any atom is -0.340 e. The largest absolute Gasteiger partial charge is 0.340 e. The predicted octanol–water partition coefficient (Wildman–Crippen LogP) is 0.0335. The summed E-state index contributed by atoms with van der Waals surface area (Å²) in [6.07, 6.45) is 0. The number of aromatic amines is 2. The molecule has 2 N–H and O–H groups in total. The van der Waals surface area contributed by atoms with Gasteiger partial charge in [0.1, 0.15) is 5.69 Å². The van der Waals surface area contributed by atoms with Crippen molar-refractivity contribution < 1.29 is 9.59 Å². The van der Waals surface area contributed by atoms with E-state index in [0.717, 1.165) is 17.2 Å². The van der Waals surface area contributed by atoms with Crippen LogP contribution in [0.3, 0.4) is 0 Å². The van der Waals surface area contributed by atoms with Crippen molar-refractivity contribution in [1.82, 2.24) is 19.8 Å². The monoisotopic (exact) mass is 354 g/mol. The summed E-state index contributed by atoms with van der Waals surface area (Å²) in [6, 6.07) is 8.77. The fourth-order valence-electron chi connectivity index (χ4n) is 3.97. The van der Waals surface area contributed by atoms with Crippen LogP contribution < -0.4 is 11.2 Å². The van der Waals surface area contributed by atoms with Crippen molar-refractivity contribution >= 4 is 11.8 Å². The number of carbonyl (C=O) groups excluding carboxylic acids is 2. The van der Waals surface area contributed by atoms with Gasteiger partial charge in [0, 0.05) is 38.5 Å². The number of hydrogen-bond donors (Lipinski definition) is 2. The summed E-state index contributed by atoms with van der Waals surface area (Å²) in [6.45, 7) is 2.88. The second-order valence-electron chi connectivity index (χ2n) is 6.73. The quantitative estimate of drug-likeness (QED) is 0.754. The summed E-state index contributed by atoms with van der Waals surface area (Å²) >= 11 is 0. The number of hydrogen-bond acceptors (Lipinski definition) is 4. The SMILES string of the molecule is CC(=O)N1C[C@H]2c3ccccc3CN(C(=O)c3cc(=O)[nH]c(=O)[nH]3)[C@H]2C1. The van der Waals surface area contributed by atoms with Crippen molar-refractivity contribution in [3.05, 3.63) is 68.0 Å². The highest BCUT2D eigenvalue weighted by Crippen LogP contribution is 2.38. The highest BCUT2D eigenvalue weighted by Gasteiger charge is 2.44. The Hall–Kier alpha value is -3.16. The molecule has 1 saturated heterocycles. The second-order valence-corrected chi connectivity index (χ2v) is 6.73. The summed E-state index contributed by atoms with van der Waals surface area (Å²) in [5.41, 5.74) is 0.775. The lowest BCUT2D eigenvalue weighted by Crippen LogP contribution is -2.47. The van der Waals surface area contributed by atoms with Gasteiger partial charge in [0.05, 0.1) is 6.04 Å². The molecule has 2 aliphatic rings. The van der Waals surface area contributed by atoms with E-state index in [-0.39, 0.29) is 23.6 Å². The highest BCUT2D eigenvalue weighted by molar-refractivity contribution is 5.92. The van der Waals surface area contributed by atoms with Gasteiger partial charge < -0.3 is 14.8 Å². The average molecular weight is 354 g/mol. The molecule has 1 fully saturated rings.